The third kappa shape index (κ3) is 44.7. The van der Waals surface area contributed by atoms with Gasteiger partial charge in [0.2, 0.25) is 5.91 Å². The molecule has 0 aliphatic rings. The van der Waals surface area contributed by atoms with Crippen LogP contribution in [0.1, 0.15) is 87.9 Å². The molecule has 12 heterocycles. The molecule has 0 fully saturated rings. The van der Waals surface area contributed by atoms with Crippen molar-refractivity contribution >= 4 is 151 Å². The highest BCUT2D eigenvalue weighted by Gasteiger charge is 2.23. The molecule has 0 atom stereocenters. The van der Waals surface area contributed by atoms with Gasteiger partial charge in [-0.2, -0.15) is 0 Å². The van der Waals surface area contributed by atoms with Crippen molar-refractivity contribution in [2.45, 2.75) is 131 Å². The van der Waals surface area contributed by atoms with E-state index in [-0.39, 0.29) is 18.4 Å². The van der Waals surface area contributed by atoms with Crippen molar-refractivity contribution in [1.29, 1.82) is 0 Å². The molecule has 0 saturated carbocycles. The Kier molecular flexibility index (Phi) is 50.0. The first-order valence-corrected chi connectivity index (χ1v) is 49.1. The number of hydrogen-bond acceptors (Lipinski definition) is 23. The summed E-state index contributed by atoms with van der Waals surface area (Å²) >= 11 is 5.41. The van der Waals surface area contributed by atoms with Crippen LogP contribution in [0.4, 0.5) is 32.3 Å². The Morgan fingerprint density at radius 2 is 1.07 bits per heavy atom. The summed E-state index contributed by atoms with van der Waals surface area (Å²) in [6.07, 6.45) is 47.2. The number of primary amides is 1. The van der Waals surface area contributed by atoms with E-state index in [0.717, 1.165) is 97.7 Å². The lowest BCUT2D eigenvalue weighted by Crippen LogP contribution is -2.27. The van der Waals surface area contributed by atoms with Crippen LogP contribution in [0.15, 0.2) is 221 Å². The molecule has 0 aliphatic carbocycles. The standard InChI is InChI=1S/C14H16N2O4.2C12H14N2O2.C11H14N2O.C10H14N2Si.C9H11NO2.C7H6N2.C5H5IN2.C5H6N2.C5H10Si.C4H9BrO/c1-19-7-3-6-16-9-11(13(17)14(18)20-2)10-8-15-5-4-12(10)16;1-12(2,3)16-11(15)14-7-5-9-8-13-6-4-10(9)14;1-5-9-8-13-7-6-10(9)14-11(15)16-12(2,3)4;1-14-8-2-6-13-7-4-10-9-12-5-3-11(10)13;1-13(2,3)7-5-9-8-12-6-4-10(9)11;1-12-8-5-3-2-4-7(8)6-9(10)11;1-4-9-7-2-3-8-5-6(1)7;6-4-3-8-2-1-5(4)7;6-5-1-3-7-4-2-5;1-5-6(2,3)4;1-6-4-2-3-5/h4-5,8-9H,3,6-7H2,1-2H3;4-8H,1-3H3;1,6-8H,2-4H3,(H,13,14,15);3-5,7,9H,2,6,8H2,1H3;4,6,8H,1-3H3,(H2,11,12);2-5H,6H2,1H3,(H2,10,11);1-5,9H;1-3H,(H2,7,8);1-4H,(H2,6,7);1H,2-4H3;2-4H2,1H3. The smallest absolute Gasteiger partial charge is 0.418 e. The molecule has 13 rings (SSSR count). The molecule has 10 N–H and O–H groups in total. The van der Waals surface area contributed by atoms with E-state index in [4.69, 9.17) is 64.2 Å². The van der Waals surface area contributed by atoms with Crippen LogP contribution in [0, 0.1) is 39.3 Å². The van der Waals surface area contributed by atoms with Gasteiger partial charge in [0, 0.05) is 228 Å². The normalized spacial score (nSPS) is 10.3. The number of terminal acetylenes is 2. The van der Waals surface area contributed by atoms with Gasteiger partial charge in [0.15, 0.2) is 0 Å². The lowest BCUT2D eigenvalue weighted by Gasteiger charge is -2.19. The van der Waals surface area contributed by atoms with Crippen LogP contribution in [0.2, 0.25) is 39.3 Å². The highest BCUT2D eigenvalue weighted by atomic mass is 127. The summed E-state index contributed by atoms with van der Waals surface area (Å²) in [6.45, 7) is 28.0. The zero-order valence-corrected chi connectivity index (χ0v) is 81.1. The number of benzene rings is 1. The second kappa shape index (κ2) is 58.5. The molecule has 1 aromatic carbocycles. The topological polar surface area (TPSA) is 400 Å². The van der Waals surface area contributed by atoms with Crippen molar-refractivity contribution < 1.29 is 57.1 Å². The summed E-state index contributed by atoms with van der Waals surface area (Å²) in [5.41, 5.74) is 35.9. The average molecular weight is 1940 g/mol. The minimum atomic E-state index is -1.31. The number of para-hydroxylation sites is 1. The lowest BCUT2D eigenvalue weighted by molar-refractivity contribution is -0.135. The molecule has 2 amide bonds. The number of methoxy groups -OCH3 is 5. The number of anilines is 4. The Labute approximate surface area is 769 Å². The number of H-pyrrole nitrogens is 1. The number of aromatic amines is 1. The zero-order valence-electron chi connectivity index (χ0n) is 75.4. The summed E-state index contributed by atoms with van der Waals surface area (Å²) in [4.78, 5) is 91.9. The number of rotatable bonds is 17. The molecule has 0 spiro atoms. The number of hydrogen-bond donors (Lipinski definition) is 6. The van der Waals surface area contributed by atoms with E-state index in [1.54, 1.807) is 178 Å². The largest absolute Gasteiger partial charge is 0.496 e. The number of nitrogen functional groups attached to an aromatic ring is 3. The third-order valence-electron chi connectivity index (χ3n) is 15.8. The lowest BCUT2D eigenvalue weighted by atomic mass is 10.1. The number of ketones is 1. The molecule has 29 nitrogen and oxygen atoms in total. The van der Waals surface area contributed by atoms with Gasteiger partial charge in [-0.1, -0.05) is 85.3 Å². The highest BCUT2D eigenvalue weighted by Crippen LogP contribution is 2.24. The van der Waals surface area contributed by atoms with Gasteiger partial charge in [-0.05, 0) is 162 Å². The number of nitrogens with two attached hydrogens (primary N) is 4. The van der Waals surface area contributed by atoms with Gasteiger partial charge in [0.1, 0.15) is 33.1 Å². The SMILES string of the molecule is C#C[Si](C)(C)C.C#Cc1cnccc1NC(=O)OC(C)(C)C.CC(C)(C)OC(=O)n1ccc2cnccc21.COCCCBr.COCCCn1cc(C(=O)C(=O)OC)c2cnccc21.COCCCn1ccc2cnccc21.COc1ccccc1CC(N)=O.C[Si](C)(C)C#Cc1cnccc1N.Nc1ccncc1.Nc1ccncc1I.c1cc2[nH]ccc2cn1. The van der Waals surface area contributed by atoms with Crippen molar-refractivity contribution in [1.82, 2.24) is 58.6 Å². The summed E-state index contributed by atoms with van der Waals surface area (Å²) in [5, 5.41) is 7.56. The predicted octanol–water partition coefficient (Wildman–Crippen LogP) is 17.8. The van der Waals surface area contributed by atoms with E-state index < -0.39 is 45.2 Å². The van der Waals surface area contributed by atoms with Crippen LogP contribution in [-0.4, -0.2) is 176 Å². The second-order valence-corrected chi connectivity index (χ2v) is 42.3. The van der Waals surface area contributed by atoms with Crippen LogP contribution in [-0.2, 0) is 57.5 Å². The van der Waals surface area contributed by atoms with Gasteiger partial charge in [-0.15, -0.1) is 23.9 Å². The number of fused-ring (bicyclic) bond motifs is 4. The van der Waals surface area contributed by atoms with Crippen molar-refractivity contribution in [3.05, 3.63) is 247 Å². The Morgan fingerprint density at radius 1 is 0.559 bits per heavy atom. The summed E-state index contributed by atoms with van der Waals surface area (Å²) in [7, 11) is 5.44. The molecule has 127 heavy (non-hydrogen) atoms. The van der Waals surface area contributed by atoms with Gasteiger partial charge >= 0.3 is 18.2 Å². The molecule has 12 aromatic heterocycles. The number of nitrogens with zero attached hydrogens (tertiary/aromatic N) is 11. The molecule has 0 aliphatic heterocycles. The second-order valence-electron chi connectivity index (χ2n) is 30.8. The first kappa shape index (κ1) is 109. The van der Waals surface area contributed by atoms with Crippen LogP contribution in [0.25, 0.3) is 43.6 Å². The van der Waals surface area contributed by atoms with Gasteiger partial charge < -0.3 is 70.2 Å². The van der Waals surface area contributed by atoms with Crippen molar-refractivity contribution in [3.63, 3.8) is 0 Å². The van der Waals surface area contributed by atoms with Crippen LogP contribution < -0.4 is 33.0 Å². The fraction of sp³-hybridized carbons (Fsp3) is 0.309. The molecule has 13 aromatic rings. The number of alkyl halides is 1. The number of esters is 1. The average Bonchev–Trinajstić information content (AvgIpc) is 1.64. The van der Waals surface area contributed by atoms with E-state index in [9.17, 15) is 24.0 Å². The number of amides is 2. The maximum absolute atomic E-state index is 12.0. The fourth-order valence-electron chi connectivity index (χ4n) is 9.83. The number of aryl methyl sites for hydroxylation is 2. The zero-order chi connectivity index (χ0) is 94.4. The third-order valence-corrected chi connectivity index (χ3v) is 19.0. The number of nitrogens with one attached hydrogen (secondary N) is 2. The minimum Gasteiger partial charge on any atom is -0.496 e. The number of pyridine rings is 8. The van der Waals surface area contributed by atoms with Gasteiger partial charge in [0.05, 0.1) is 68.8 Å². The van der Waals surface area contributed by atoms with Crippen molar-refractivity contribution in [2.75, 3.05) is 83.2 Å². The van der Waals surface area contributed by atoms with Gasteiger partial charge in [-0.3, -0.25) is 59.3 Å². The Balaban J connectivity index is 0.000000367. The number of carbonyl (C=O) groups excluding carboxylic acids is 5. The monoisotopic (exact) mass is 1940 g/mol. The van der Waals surface area contributed by atoms with Gasteiger partial charge in [-0.25, -0.2) is 14.4 Å². The first-order valence-electron chi connectivity index (χ1n) is 39.9. The number of carbonyl (C=O) groups is 5. The van der Waals surface area contributed by atoms with Crippen molar-refractivity contribution in [2.24, 2.45) is 5.73 Å². The number of aromatic nitrogens is 12. The molecule has 0 radical (unpaired) electrons. The highest BCUT2D eigenvalue weighted by molar-refractivity contribution is 14.1. The summed E-state index contributed by atoms with van der Waals surface area (Å²) < 4.78 is 41.4. The predicted molar refractivity (Wildman–Crippen MR) is 526 cm³/mol. The van der Waals surface area contributed by atoms with E-state index in [0.29, 0.717) is 46.8 Å². The van der Waals surface area contributed by atoms with Crippen molar-refractivity contribution in [3.8, 4) is 41.5 Å². The molecular formula is C94H119BrIN17O12Si2. The summed E-state index contributed by atoms with van der Waals surface area (Å²) in [5.74, 6) is 4.34. The molecule has 33 heteroatoms. The molecular weight excluding hydrogens is 1820 g/mol. The van der Waals surface area contributed by atoms with E-state index in [2.05, 4.69) is 172 Å². The maximum Gasteiger partial charge on any atom is 0.418 e. The van der Waals surface area contributed by atoms with Crippen LogP contribution >= 0.6 is 38.5 Å². The Bertz CT molecular complexity index is 5570. The van der Waals surface area contributed by atoms with Gasteiger partial charge in [0.25, 0.3) is 5.78 Å². The minimum absolute atomic E-state index is 0.226. The van der Waals surface area contributed by atoms with E-state index >= 15 is 0 Å². The van der Waals surface area contributed by atoms with E-state index in [1.165, 1.54) is 28.8 Å². The number of Topliss-reactive ketones (excluding diaryl/α,β-unsaturated/α-hetero) is 1. The van der Waals surface area contributed by atoms with Crippen LogP contribution in [0.3, 0.4) is 0 Å². The number of ether oxygens (including phenoxy) is 7. The maximum atomic E-state index is 12.0. The first-order chi connectivity index (χ1) is 60.4. The molecule has 0 saturated heterocycles. The molecule has 0 unspecified atom stereocenters. The fourth-order valence-corrected chi connectivity index (χ4v) is 10.9. The van der Waals surface area contributed by atoms with E-state index in [1.807, 2.05) is 98.7 Å². The Morgan fingerprint density at radius 3 is 1.58 bits per heavy atom. The molecule has 0 bridgehead atoms. The summed E-state index contributed by atoms with van der Waals surface area (Å²) in [6, 6.07) is 29.5. The number of halogens is 2. The Hall–Kier alpha value is -12.7. The van der Waals surface area contributed by atoms with Crippen LogP contribution in [0.5, 0.6) is 5.75 Å². The molecule has 674 valence electrons. The quantitative estimate of drug-likeness (QED) is 0.00567.